The van der Waals surface area contributed by atoms with Gasteiger partial charge in [0.05, 0.1) is 45.7 Å². The first-order chi connectivity index (χ1) is 19.9. The van der Waals surface area contributed by atoms with Crippen LogP contribution in [0.2, 0.25) is 0 Å². The number of aromatic nitrogens is 1. The van der Waals surface area contributed by atoms with Crippen LogP contribution in [0.1, 0.15) is 36.6 Å². The lowest BCUT2D eigenvalue weighted by Gasteiger charge is -2.25. The van der Waals surface area contributed by atoms with E-state index in [0.29, 0.717) is 44.3 Å². The van der Waals surface area contributed by atoms with Crippen molar-refractivity contribution in [3.8, 4) is 11.5 Å². The van der Waals surface area contributed by atoms with Gasteiger partial charge in [-0.3, -0.25) is 9.36 Å². The van der Waals surface area contributed by atoms with E-state index in [1.807, 2.05) is 49.4 Å². The molecule has 0 N–H and O–H groups in total. The van der Waals surface area contributed by atoms with E-state index in [2.05, 4.69) is 22.6 Å². The normalized spacial score (nSPS) is 14.9. The third-order valence-corrected chi connectivity index (χ3v) is 8.18. The first-order valence-electron chi connectivity index (χ1n) is 12.9. The lowest BCUT2D eigenvalue weighted by molar-refractivity contribution is -0.138. The van der Waals surface area contributed by atoms with Crippen molar-refractivity contribution in [1.82, 2.24) is 4.57 Å². The summed E-state index contributed by atoms with van der Waals surface area (Å²) in [6.45, 7) is 4.24. The number of hydrogen-bond donors (Lipinski definition) is 0. The van der Waals surface area contributed by atoms with E-state index >= 15 is 0 Å². The number of nitrogens with zero attached hydrogens (tertiary/aromatic N) is 2. The minimum Gasteiger partial charge on any atom is -0.493 e. The molecule has 0 spiro atoms. The van der Waals surface area contributed by atoms with Gasteiger partial charge >= 0.3 is 5.97 Å². The van der Waals surface area contributed by atoms with Gasteiger partial charge in [-0.25, -0.2) is 14.2 Å². The van der Waals surface area contributed by atoms with E-state index < -0.39 is 17.8 Å². The van der Waals surface area contributed by atoms with Crippen molar-refractivity contribution in [1.29, 1.82) is 0 Å². The molecule has 0 saturated carbocycles. The number of methoxy groups -OCH3 is 1. The van der Waals surface area contributed by atoms with Crippen molar-refractivity contribution in [3.63, 3.8) is 0 Å². The maximum absolute atomic E-state index is 14.0. The number of esters is 1. The van der Waals surface area contributed by atoms with Crippen LogP contribution >= 0.6 is 33.9 Å². The van der Waals surface area contributed by atoms with E-state index in [9.17, 15) is 14.0 Å². The number of ether oxygens (including phenoxy) is 3. The highest BCUT2D eigenvalue weighted by atomic mass is 127. The molecule has 4 aromatic rings. The largest absolute Gasteiger partial charge is 0.493 e. The van der Waals surface area contributed by atoms with Gasteiger partial charge in [-0.05, 0) is 77.9 Å². The van der Waals surface area contributed by atoms with Gasteiger partial charge in [0.2, 0.25) is 0 Å². The average molecular weight is 685 g/mol. The monoisotopic (exact) mass is 684 g/mol. The molecule has 10 heteroatoms. The maximum atomic E-state index is 14.0. The van der Waals surface area contributed by atoms with Crippen LogP contribution in [0.5, 0.6) is 11.5 Å². The maximum Gasteiger partial charge on any atom is 0.338 e. The SMILES string of the molecule is CCOC(=O)C1=C(c2ccccc2)N=c2s/c(=C\c3cc(I)c(OCC)c(OC)c3)c(=O)n2[C@H]1c1ccc(F)cc1. The summed E-state index contributed by atoms with van der Waals surface area (Å²) in [4.78, 5) is 32.7. The van der Waals surface area contributed by atoms with Gasteiger partial charge in [0, 0.05) is 5.56 Å². The van der Waals surface area contributed by atoms with Crippen LogP contribution in [0, 0.1) is 9.39 Å². The molecule has 1 atom stereocenters. The van der Waals surface area contributed by atoms with Gasteiger partial charge in [0.25, 0.3) is 5.56 Å². The summed E-state index contributed by atoms with van der Waals surface area (Å²) in [6.07, 6.45) is 1.77. The number of rotatable bonds is 8. The second-order valence-corrected chi connectivity index (χ2v) is 11.1. The van der Waals surface area contributed by atoms with Crippen LogP contribution in [0.25, 0.3) is 11.8 Å². The van der Waals surface area contributed by atoms with Gasteiger partial charge in [-0.2, -0.15) is 0 Å². The molecule has 1 aliphatic heterocycles. The van der Waals surface area contributed by atoms with E-state index in [1.54, 1.807) is 32.2 Å². The Hall–Kier alpha value is -3.77. The minimum absolute atomic E-state index is 0.142. The van der Waals surface area contributed by atoms with Gasteiger partial charge < -0.3 is 14.2 Å². The quantitative estimate of drug-likeness (QED) is 0.191. The predicted molar refractivity (Wildman–Crippen MR) is 164 cm³/mol. The highest BCUT2D eigenvalue weighted by molar-refractivity contribution is 14.1. The van der Waals surface area contributed by atoms with Crippen molar-refractivity contribution < 1.29 is 23.4 Å². The van der Waals surface area contributed by atoms with Crippen LogP contribution in [0.15, 0.2) is 82.1 Å². The zero-order valence-corrected chi connectivity index (χ0v) is 25.5. The lowest BCUT2D eigenvalue weighted by atomic mass is 9.93. The highest BCUT2D eigenvalue weighted by Gasteiger charge is 2.35. The van der Waals surface area contributed by atoms with E-state index in [1.165, 1.54) is 28.0 Å². The molecule has 0 amide bonds. The van der Waals surface area contributed by atoms with Crippen LogP contribution in [-0.2, 0) is 9.53 Å². The third kappa shape index (κ3) is 5.71. The first-order valence-corrected chi connectivity index (χ1v) is 14.8. The first kappa shape index (κ1) is 28.7. The number of fused-ring (bicyclic) bond motifs is 1. The molecule has 1 aliphatic rings. The van der Waals surface area contributed by atoms with E-state index in [-0.39, 0.29) is 17.7 Å². The Labute approximate surface area is 253 Å². The number of thiazole rings is 1. The molecular formula is C31H26FIN2O5S. The molecule has 210 valence electrons. The van der Waals surface area contributed by atoms with Crippen molar-refractivity contribution in [3.05, 3.63) is 118 Å². The highest BCUT2D eigenvalue weighted by Crippen LogP contribution is 2.36. The average Bonchev–Trinajstić information content (AvgIpc) is 3.28. The van der Waals surface area contributed by atoms with Gasteiger partial charge in [-0.1, -0.05) is 53.8 Å². The Balaban J connectivity index is 1.79. The Morgan fingerprint density at radius 2 is 1.83 bits per heavy atom. The molecule has 2 heterocycles. The molecule has 7 nitrogen and oxygen atoms in total. The predicted octanol–water partition coefficient (Wildman–Crippen LogP) is 5.09. The standard InChI is InChI=1S/C31H26FIN2O5S/c1-4-39-28-22(33)15-18(16-23(28)38-3)17-24-29(36)35-27(20-11-13-21(32)14-12-20)25(30(37)40-5-2)26(34-31(35)41-24)19-9-7-6-8-10-19/h6-17,27H,4-5H2,1-3H3/b24-17-/t27-/m0/s1. The minimum atomic E-state index is -0.877. The molecule has 0 saturated heterocycles. The third-order valence-electron chi connectivity index (χ3n) is 6.40. The van der Waals surface area contributed by atoms with E-state index in [0.717, 1.165) is 9.13 Å². The van der Waals surface area contributed by atoms with Crippen molar-refractivity contribution in [2.45, 2.75) is 19.9 Å². The van der Waals surface area contributed by atoms with Crippen LogP contribution in [-0.4, -0.2) is 30.9 Å². The van der Waals surface area contributed by atoms with Crippen LogP contribution in [0.3, 0.4) is 0 Å². The summed E-state index contributed by atoms with van der Waals surface area (Å²) < 4.78 is 33.4. The summed E-state index contributed by atoms with van der Waals surface area (Å²) in [5, 5.41) is 0. The Bertz CT molecular complexity index is 1810. The van der Waals surface area contributed by atoms with Gasteiger partial charge in [0.15, 0.2) is 16.3 Å². The summed E-state index contributed by atoms with van der Waals surface area (Å²) in [5.74, 6) is 0.171. The van der Waals surface area contributed by atoms with Crippen LogP contribution < -0.4 is 24.4 Å². The van der Waals surface area contributed by atoms with Crippen molar-refractivity contribution in [2.75, 3.05) is 20.3 Å². The molecule has 1 aromatic heterocycles. The summed E-state index contributed by atoms with van der Waals surface area (Å²) in [6, 6.07) is 17.9. The number of carbonyl (C=O) groups excluding carboxylic acids is 1. The molecule has 0 bridgehead atoms. The van der Waals surface area contributed by atoms with Gasteiger partial charge in [0.1, 0.15) is 5.82 Å². The fraction of sp³-hybridized carbons (Fsp3) is 0.194. The fourth-order valence-electron chi connectivity index (χ4n) is 4.66. The molecule has 0 unspecified atom stereocenters. The zero-order valence-electron chi connectivity index (χ0n) is 22.5. The van der Waals surface area contributed by atoms with E-state index in [4.69, 9.17) is 19.2 Å². The summed E-state index contributed by atoms with van der Waals surface area (Å²) >= 11 is 3.39. The lowest BCUT2D eigenvalue weighted by Crippen LogP contribution is -2.40. The Morgan fingerprint density at radius 3 is 2.49 bits per heavy atom. The second-order valence-electron chi connectivity index (χ2n) is 8.95. The zero-order chi connectivity index (χ0) is 29.1. The van der Waals surface area contributed by atoms with Crippen molar-refractivity contribution >= 4 is 51.7 Å². The fourth-order valence-corrected chi connectivity index (χ4v) is 6.44. The second kappa shape index (κ2) is 12.4. The Morgan fingerprint density at radius 1 is 1.10 bits per heavy atom. The number of carbonyl (C=O) groups is 1. The molecule has 0 aliphatic carbocycles. The number of benzene rings is 3. The Kier molecular flexibility index (Phi) is 8.69. The van der Waals surface area contributed by atoms with Crippen LogP contribution in [0.4, 0.5) is 4.39 Å². The molecular weight excluding hydrogens is 658 g/mol. The number of hydrogen-bond acceptors (Lipinski definition) is 7. The summed E-state index contributed by atoms with van der Waals surface area (Å²) in [7, 11) is 1.57. The smallest absolute Gasteiger partial charge is 0.338 e. The number of halogens is 2. The van der Waals surface area contributed by atoms with Gasteiger partial charge in [-0.15, -0.1) is 0 Å². The molecule has 41 heavy (non-hydrogen) atoms. The molecule has 5 rings (SSSR count). The molecule has 0 radical (unpaired) electrons. The molecule has 3 aromatic carbocycles. The summed E-state index contributed by atoms with van der Waals surface area (Å²) in [5.41, 5.74) is 2.28. The topological polar surface area (TPSA) is 79.1 Å². The van der Waals surface area contributed by atoms with Crippen molar-refractivity contribution in [2.24, 2.45) is 4.99 Å². The molecule has 0 fully saturated rings.